The highest BCUT2D eigenvalue weighted by molar-refractivity contribution is 6.32. The quantitative estimate of drug-likeness (QED) is 0.633. The minimum absolute atomic E-state index is 0.0641. The number of alkyl halides is 4. The van der Waals surface area contributed by atoms with Crippen LogP contribution in [0.2, 0.25) is 5.02 Å². The Morgan fingerprint density at radius 1 is 1.19 bits per heavy atom. The van der Waals surface area contributed by atoms with E-state index in [2.05, 4.69) is 15.5 Å². The number of ether oxygens (including phenoxy) is 1. The SMILES string of the molecule is CCn1ncc(NC(=O)Cn2nc(C(F)F)c(Cl)c2C(F)F)c1C(=O)N1CCOCC1. The number of aromatic nitrogens is 4. The first-order chi connectivity index (χ1) is 14.7. The summed E-state index contributed by atoms with van der Waals surface area (Å²) in [7, 11) is 0. The Kier molecular flexibility index (Phi) is 7.15. The molecule has 0 spiro atoms. The van der Waals surface area contributed by atoms with Gasteiger partial charge in [-0.3, -0.25) is 19.0 Å². The number of carbonyl (C=O) groups excluding carboxylic acids is 2. The number of hydrogen-bond donors (Lipinski definition) is 1. The molecule has 1 aliphatic rings. The van der Waals surface area contributed by atoms with Crippen molar-refractivity contribution in [1.82, 2.24) is 24.5 Å². The number of carbonyl (C=O) groups is 2. The van der Waals surface area contributed by atoms with Crippen molar-refractivity contribution >= 4 is 29.1 Å². The Morgan fingerprint density at radius 2 is 1.87 bits per heavy atom. The van der Waals surface area contributed by atoms with Crippen molar-refractivity contribution in [1.29, 1.82) is 0 Å². The third-order valence-electron chi connectivity index (χ3n) is 4.58. The van der Waals surface area contributed by atoms with Crippen LogP contribution in [-0.2, 0) is 22.6 Å². The van der Waals surface area contributed by atoms with E-state index in [0.717, 1.165) is 0 Å². The van der Waals surface area contributed by atoms with Crippen LogP contribution < -0.4 is 5.32 Å². The van der Waals surface area contributed by atoms with E-state index in [4.69, 9.17) is 16.3 Å². The lowest BCUT2D eigenvalue weighted by Crippen LogP contribution is -2.41. The average molecular weight is 467 g/mol. The summed E-state index contributed by atoms with van der Waals surface area (Å²) < 4.78 is 59.5. The van der Waals surface area contributed by atoms with Gasteiger partial charge < -0.3 is 15.0 Å². The largest absolute Gasteiger partial charge is 0.378 e. The van der Waals surface area contributed by atoms with Crippen LogP contribution in [-0.4, -0.2) is 62.6 Å². The van der Waals surface area contributed by atoms with Crippen LogP contribution in [0.1, 0.15) is 41.7 Å². The smallest absolute Gasteiger partial charge is 0.283 e. The fourth-order valence-electron chi connectivity index (χ4n) is 3.12. The second kappa shape index (κ2) is 9.64. The highest BCUT2D eigenvalue weighted by Crippen LogP contribution is 2.34. The molecule has 2 aromatic rings. The Morgan fingerprint density at radius 3 is 2.45 bits per heavy atom. The molecule has 0 radical (unpaired) electrons. The van der Waals surface area contributed by atoms with Gasteiger partial charge in [0.15, 0.2) is 0 Å². The number of amides is 2. The fourth-order valence-corrected chi connectivity index (χ4v) is 3.43. The standard InChI is InChI=1S/C17H19ClF4N6O3/c1-2-27-13(17(30)26-3-5-31-6-4-26)9(7-23-27)24-10(29)8-28-14(16(21)22)11(18)12(25-28)15(19)20/h7,15-16H,2-6,8H2,1H3,(H,24,29). The molecular formula is C17H19ClF4N6O3. The number of aryl methyl sites for hydroxylation is 1. The highest BCUT2D eigenvalue weighted by atomic mass is 35.5. The number of morpholine rings is 1. The Labute approximate surface area is 178 Å². The molecule has 170 valence electrons. The van der Waals surface area contributed by atoms with Gasteiger partial charge in [0, 0.05) is 19.6 Å². The van der Waals surface area contributed by atoms with Gasteiger partial charge in [0.1, 0.15) is 23.6 Å². The first-order valence-corrected chi connectivity index (χ1v) is 9.67. The zero-order valence-corrected chi connectivity index (χ0v) is 17.1. The molecule has 1 aliphatic heterocycles. The summed E-state index contributed by atoms with van der Waals surface area (Å²) in [4.78, 5) is 26.9. The number of nitrogens with zero attached hydrogens (tertiary/aromatic N) is 5. The van der Waals surface area contributed by atoms with Gasteiger partial charge in [0.05, 0.1) is 30.1 Å². The molecule has 0 aliphatic carbocycles. The number of halogens is 5. The molecule has 14 heteroatoms. The van der Waals surface area contributed by atoms with Gasteiger partial charge in [-0.2, -0.15) is 10.2 Å². The molecular weight excluding hydrogens is 448 g/mol. The van der Waals surface area contributed by atoms with Crippen molar-refractivity contribution in [2.24, 2.45) is 0 Å². The maximum absolute atomic E-state index is 13.3. The van der Waals surface area contributed by atoms with Crippen LogP contribution in [0.3, 0.4) is 0 Å². The van der Waals surface area contributed by atoms with Gasteiger partial charge in [0.25, 0.3) is 18.8 Å². The van der Waals surface area contributed by atoms with E-state index < -0.39 is 41.7 Å². The van der Waals surface area contributed by atoms with Crippen molar-refractivity contribution in [2.75, 3.05) is 31.6 Å². The highest BCUT2D eigenvalue weighted by Gasteiger charge is 2.30. The molecule has 0 unspecified atom stereocenters. The molecule has 0 bridgehead atoms. The van der Waals surface area contributed by atoms with Gasteiger partial charge in [-0.05, 0) is 6.92 Å². The van der Waals surface area contributed by atoms with Gasteiger partial charge in [-0.25, -0.2) is 17.6 Å². The number of hydrogen-bond acceptors (Lipinski definition) is 5. The van der Waals surface area contributed by atoms with Crippen LogP contribution in [0.5, 0.6) is 0 Å². The van der Waals surface area contributed by atoms with Crippen LogP contribution in [0, 0.1) is 0 Å². The molecule has 0 atom stereocenters. The topological polar surface area (TPSA) is 94.3 Å². The molecule has 0 aromatic carbocycles. The van der Waals surface area contributed by atoms with E-state index in [0.29, 0.717) is 37.5 Å². The maximum atomic E-state index is 13.3. The molecule has 0 saturated carbocycles. The predicted octanol–water partition coefficient (Wildman–Crippen LogP) is 2.74. The minimum Gasteiger partial charge on any atom is -0.378 e. The Hall–Kier alpha value is -2.67. The monoisotopic (exact) mass is 466 g/mol. The van der Waals surface area contributed by atoms with E-state index in [-0.39, 0.29) is 17.3 Å². The van der Waals surface area contributed by atoms with Gasteiger partial charge in [0.2, 0.25) is 5.91 Å². The molecule has 1 N–H and O–H groups in total. The van der Waals surface area contributed by atoms with E-state index in [1.54, 1.807) is 11.8 Å². The van der Waals surface area contributed by atoms with Crippen LogP contribution in [0.25, 0.3) is 0 Å². The fraction of sp³-hybridized carbons (Fsp3) is 0.529. The summed E-state index contributed by atoms with van der Waals surface area (Å²) >= 11 is 5.59. The first-order valence-electron chi connectivity index (χ1n) is 9.29. The summed E-state index contributed by atoms with van der Waals surface area (Å²) in [5, 5.41) is 8.94. The third kappa shape index (κ3) is 4.82. The lowest BCUT2D eigenvalue weighted by atomic mass is 10.2. The second-order valence-electron chi connectivity index (χ2n) is 6.52. The van der Waals surface area contributed by atoms with Crippen LogP contribution >= 0.6 is 11.6 Å². The van der Waals surface area contributed by atoms with Crippen molar-refractivity contribution in [3.63, 3.8) is 0 Å². The average Bonchev–Trinajstić information content (AvgIpc) is 3.28. The minimum atomic E-state index is -3.22. The van der Waals surface area contributed by atoms with Gasteiger partial charge in [-0.1, -0.05) is 11.6 Å². The number of nitrogens with one attached hydrogen (secondary N) is 1. The Balaban J connectivity index is 1.82. The van der Waals surface area contributed by atoms with E-state index in [1.165, 1.54) is 10.9 Å². The zero-order valence-electron chi connectivity index (χ0n) is 16.3. The number of anilines is 1. The van der Waals surface area contributed by atoms with Crippen molar-refractivity contribution in [2.45, 2.75) is 32.9 Å². The molecule has 2 aromatic heterocycles. The molecule has 2 amide bonds. The molecule has 3 heterocycles. The number of rotatable bonds is 7. The molecule has 3 rings (SSSR count). The van der Waals surface area contributed by atoms with Crippen molar-refractivity contribution < 1.29 is 31.9 Å². The third-order valence-corrected chi connectivity index (χ3v) is 4.96. The molecule has 1 fully saturated rings. The van der Waals surface area contributed by atoms with Crippen molar-refractivity contribution in [3.05, 3.63) is 28.3 Å². The zero-order chi connectivity index (χ0) is 22.7. The summed E-state index contributed by atoms with van der Waals surface area (Å²) in [5.74, 6) is -1.25. The summed E-state index contributed by atoms with van der Waals surface area (Å²) in [5.41, 5.74) is -1.85. The summed E-state index contributed by atoms with van der Waals surface area (Å²) in [6.45, 7) is 2.74. The maximum Gasteiger partial charge on any atom is 0.283 e. The summed E-state index contributed by atoms with van der Waals surface area (Å²) in [6, 6.07) is 0. The second-order valence-corrected chi connectivity index (χ2v) is 6.90. The first kappa shape index (κ1) is 23.0. The van der Waals surface area contributed by atoms with E-state index in [1.807, 2.05) is 0 Å². The van der Waals surface area contributed by atoms with Gasteiger partial charge >= 0.3 is 0 Å². The van der Waals surface area contributed by atoms with E-state index >= 15 is 0 Å². The normalized spacial score (nSPS) is 14.5. The van der Waals surface area contributed by atoms with Crippen molar-refractivity contribution in [3.8, 4) is 0 Å². The molecule has 31 heavy (non-hydrogen) atoms. The molecule has 1 saturated heterocycles. The van der Waals surface area contributed by atoms with Crippen LogP contribution in [0.4, 0.5) is 23.2 Å². The van der Waals surface area contributed by atoms with Crippen LogP contribution in [0.15, 0.2) is 6.20 Å². The van der Waals surface area contributed by atoms with Gasteiger partial charge in [-0.15, -0.1) is 0 Å². The lowest BCUT2D eigenvalue weighted by Gasteiger charge is -2.27. The van der Waals surface area contributed by atoms with E-state index in [9.17, 15) is 27.2 Å². The lowest BCUT2D eigenvalue weighted by molar-refractivity contribution is -0.117. The molecule has 9 nitrogen and oxygen atoms in total. The Bertz CT molecular complexity index is 958. The predicted molar refractivity (Wildman–Crippen MR) is 100 cm³/mol. The summed E-state index contributed by atoms with van der Waals surface area (Å²) in [6.07, 6.45) is -5.15.